The molecule has 2 heterocycles. The first-order valence-corrected chi connectivity index (χ1v) is 13.2. The molecule has 190 valence electrons. The smallest absolute Gasteiger partial charge is 0.338 e. The van der Waals surface area contributed by atoms with Crippen molar-refractivity contribution in [3.05, 3.63) is 82.6 Å². The van der Waals surface area contributed by atoms with Gasteiger partial charge in [0, 0.05) is 24.2 Å². The molecule has 3 aromatic rings. The van der Waals surface area contributed by atoms with E-state index in [1.807, 2.05) is 18.2 Å². The summed E-state index contributed by atoms with van der Waals surface area (Å²) in [7, 11) is 0. The summed E-state index contributed by atoms with van der Waals surface area (Å²) in [4.78, 5) is 14.7. The third kappa shape index (κ3) is 5.97. The highest BCUT2D eigenvalue weighted by Gasteiger charge is 2.38. The Morgan fingerprint density at radius 2 is 1.81 bits per heavy atom. The lowest BCUT2D eigenvalue weighted by Crippen LogP contribution is -2.48. The van der Waals surface area contributed by atoms with E-state index in [2.05, 4.69) is 27.3 Å². The maximum absolute atomic E-state index is 12.3. The van der Waals surface area contributed by atoms with E-state index < -0.39 is 12.1 Å². The molecule has 2 aromatic carbocycles. The van der Waals surface area contributed by atoms with Crippen molar-refractivity contribution in [1.82, 2.24) is 19.9 Å². The van der Waals surface area contributed by atoms with E-state index in [1.54, 1.807) is 35.1 Å². The van der Waals surface area contributed by atoms with Crippen LogP contribution in [0.5, 0.6) is 0 Å². The Hall–Kier alpha value is -2.74. The summed E-state index contributed by atoms with van der Waals surface area (Å²) in [6.45, 7) is 1.60. The number of esters is 1. The summed E-state index contributed by atoms with van der Waals surface area (Å²) >= 11 is 6.17. The zero-order valence-electron chi connectivity index (χ0n) is 20.4. The number of nitrogens with zero attached hydrogens (tertiary/aromatic N) is 4. The van der Waals surface area contributed by atoms with Gasteiger partial charge >= 0.3 is 5.97 Å². The van der Waals surface area contributed by atoms with E-state index in [1.165, 1.54) is 37.7 Å². The van der Waals surface area contributed by atoms with Gasteiger partial charge in [-0.2, -0.15) is 0 Å². The fraction of sp³-hybridized carbons (Fsp3) is 0.464. The average molecular weight is 509 g/mol. The van der Waals surface area contributed by atoms with E-state index in [-0.39, 0.29) is 18.7 Å². The Kier molecular flexibility index (Phi) is 7.99. The summed E-state index contributed by atoms with van der Waals surface area (Å²) in [6, 6.07) is 16.9. The van der Waals surface area contributed by atoms with Crippen LogP contribution >= 0.6 is 11.6 Å². The summed E-state index contributed by atoms with van der Waals surface area (Å²) in [5, 5.41) is 20.4. The van der Waals surface area contributed by atoms with Gasteiger partial charge < -0.3 is 9.84 Å². The van der Waals surface area contributed by atoms with Crippen LogP contribution in [0.3, 0.4) is 0 Å². The third-order valence-electron chi connectivity index (χ3n) is 7.50. The Morgan fingerprint density at radius 3 is 2.56 bits per heavy atom. The maximum Gasteiger partial charge on any atom is 0.338 e. The summed E-state index contributed by atoms with van der Waals surface area (Å²) in [6.07, 6.45) is 8.37. The van der Waals surface area contributed by atoms with Crippen molar-refractivity contribution < 1.29 is 14.6 Å². The number of aliphatic hydroxyl groups is 1. The van der Waals surface area contributed by atoms with Crippen LogP contribution in [-0.4, -0.2) is 50.2 Å². The van der Waals surface area contributed by atoms with Gasteiger partial charge in [0.05, 0.1) is 23.9 Å². The lowest BCUT2D eigenvalue weighted by atomic mass is 9.85. The molecule has 1 N–H and O–H groups in total. The second-order valence-electron chi connectivity index (χ2n) is 10.0. The number of β-amino-alcohol motifs (C(OH)–C–C–N with tert-alkyl or cyclic N) is 1. The number of halogens is 1. The number of hydrogen-bond donors (Lipinski definition) is 1. The van der Waals surface area contributed by atoms with Gasteiger partial charge in [0.1, 0.15) is 12.3 Å². The second-order valence-corrected chi connectivity index (χ2v) is 10.5. The number of aromatic nitrogens is 3. The van der Waals surface area contributed by atoms with E-state index in [9.17, 15) is 9.90 Å². The molecule has 0 unspecified atom stereocenters. The van der Waals surface area contributed by atoms with Gasteiger partial charge in [-0.3, -0.25) is 4.90 Å². The lowest BCUT2D eigenvalue weighted by Gasteiger charge is -2.44. The molecule has 0 bridgehead atoms. The highest BCUT2D eigenvalue weighted by atomic mass is 35.5. The Labute approximate surface area is 217 Å². The summed E-state index contributed by atoms with van der Waals surface area (Å²) in [5.74, 6) is 0.276. The second kappa shape index (κ2) is 11.5. The molecule has 2 aliphatic rings. The fourth-order valence-corrected chi connectivity index (χ4v) is 5.71. The maximum atomic E-state index is 12.3. The van der Waals surface area contributed by atoms with Crippen LogP contribution in [0.2, 0.25) is 5.02 Å². The highest BCUT2D eigenvalue weighted by molar-refractivity contribution is 6.30. The van der Waals surface area contributed by atoms with E-state index >= 15 is 0 Å². The minimum absolute atomic E-state index is 0.0327. The van der Waals surface area contributed by atoms with Crippen molar-refractivity contribution >= 4 is 17.6 Å². The van der Waals surface area contributed by atoms with E-state index in [0.717, 1.165) is 11.6 Å². The van der Waals surface area contributed by atoms with Crippen LogP contribution in [0.4, 0.5) is 0 Å². The highest BCUT2D eigenvalue weighted by Crippen LogP contribution is 2.39. The number of ether oxygens (including phenoxy) is 1. The molecule has 3 atom stereocenters. The number of aliphatic hydroxyl groups excluding tert-OH is 1. The fourth-order valence-electron chi connectivity index (χ4n) is 5.58. The normalized spacial score (nSPS) is 23.4. The molecule has 36 heavy (non-hydrogen) atoms. The zero-order valence-corrected chi connectivity index (χ0v) is 21.1. The molecule has 0 radical (unpaired) electrons. The lowest BCUT2D eigenvalue weighted by molar-refractivity contribution is -0.0182. The first-order chi connectivity index (χ1) is 17.6. The number of carbonyl (C=O) groups excluding carboxylic acids is 1. The predicted molar refractivity (Wildman–Crippen MR) is 138 cm³/mol. The molecule has 1 aliphatic heterocycles. The molecule has 2 fully saturated rings. The van der Waals surface area contributed by atoms with Crippen LogP contribution in [0.25, 0.3) is 0 Å². The van der Waals surface area contributed by atoms with Crippen LogP contribution in [0, 0.1) is 5.92 Å². The van der Waals surface area contributed by atoms with E-state index in [0.29, 0.717) is 30.1 Å². The molecule has 1 aromatic heterocycles. The molecule has 8 heteroatoms. The molecule has 0 amide bonds. The van der Waals surface area contributed by atoms with Gasteiger partial charge in [-0.1, -0.05) is 66.4 Å². The number of likely N-dealkylation sites (tertiary alicyclic amines) is 1. The van der Waals surface area contributed by atoms with Crippen molar-refractivity contribution in [2.24, 2.45) is 5.92 Å². The molecule has 1 aliphatic carbocycles. The number of hydrogen-bond acceptors (Lipinski definition) is 6. The van der Waals surface area contributed by atoms with Crippen molar-refractivity contribution in [1.29, 1.82) is 0 Å². The molecular weight excluding hydrogens is 476 g/mol. The zero-order chi connectivity index (χ0) is 24.9. The van der Waals surface area contributed by atoms with Gasteiger partial charge in [-0.05, 0) is 55.0 Å². The quantitative estimate of drug-likeness (QED) is 0.441. The van der Waals surface area contributed by atoms with Crippen molar-refractivity contribution in [3.8, 4) is 0 Å². The number of benzene rings is 2. The van der Waals surface area contributed by atoms with Crippen LogP contribution in [0.15, 0.2) is 60.8 Å². The van der Waals surface area contributed by atoms with Gasteiger partial charge in [-0.15, -0.1) is 5.10 Å². The topological polar surface area (TPSA) is 80.5 Å². The largest absolute Gasteiger partial charge is 0.455 e. The molecule has 5 rings (SSSR count). The number of carbonyl (C=O) groups is 1. The summed E-state index contributed by atoms with van der Waals surface area (Å²) < 4.78 is 7.14. The molecular formula is C28H33ClN4O3. The van der Waals surface area contributed by atoms with Crippen molar-refractivity contribution in [2.75, 3.05) is 13.1 Å². The van der Waals surface area contributed by atoms with Gasteiger partial charge in [0.25, 0.3) is 0 Å². The average Bonchev–Trinajstić information content (AvgIpc) is 3.38. The molecule has 1 saturated carbocycles. The van der Waals surface area contributed by atoms with Crippen LogP contribution < -0.4 is 0 Å². The van der Waals surface area contributed by atoms with Gasteiger partial charge in [-0.25, -0.2) is 9.48 Å². The first-order valence-electron chi connectivity index (χ1n) is 12.9. The SMILES string of the molecule is O=C(OCc1cn([C@H]2C[C@H](c3ccc(Cl)cc3)N(CC3CCCCC3)C[C@H]2O)nn1)c1ccccc1. The Balaban J connectivity index is 1.29. The number of piperidine rings is 1. The Morgan fingerprint density at radius 1 is 1.06 bits per heavy atom. The summed E-state index contributed by atoms with van der Waals surface area (Å²) in [5.41, 5.74) is 2.25. The predicted octanol–water partition coefficient (Wildman–Crippen LogP) is 5.22. The minimum atomic E-state index is -0.571. The minimum Gasteiger partial charge on any atom is -0.455 e. The molecule has 1 saturated heterocycles. The first kappa shape index (κ1) is 24.9. The van der Waals surface area contributed by atoms with Gasteiger partial charge in [0.2, 0.25) is 0 Å². The Bertz CT molecular complexity index is 1130. The van der Waals surface area contributed by atoms with Crippen LogP contribution in [0.1, 0.15) is 72.2 Å². The van der Waals surface area contributed by atoms with Crippen LogP contribution in [-0.2, 0) is 11.3 Å². The standard InChI is InChI=1S/C28H33ClN4O3/c29-23-13-11-21(12-14-23)25-15-26(27(34)18-32(25)16-20-7-3-1-4-8-20)33-17-24(30-31-33)19-36-28(35)22-9-5-2-6-10-22/h2,5-6,9-14,17,20,25-27,34H,1,3-4,7-8,15-16,18-19H2/t25-,26+,27-/m1/s1. The number of rotatable bonds is 7. The van der Waals surface area contributed by atoms with Crippen molar-refractivity contribution in [2.45, 2.75) is 63.3 Å². The van der Waals surface area contributed by atoms with E-state index in [4.69, 9.17) is 16.3 Å². The van der Waals surface area contributed by atoms with Gasteiger partial charge in [0.15, 0.2) is 0 Å². The third-order valence-corrected chi connectivity index (χ3v) is 7.75. The van der Waals surface area contributed by atoms with Crippen molar-refractivity contribution in [3.63, 3.8) is 0 Å². The monoisotopic (exact) mass is 508 g/mol. The molecule has 7 nitrogen and oxygen atoms in total. The molecule has 0 spiro atoms.